The van der Waals surface area contributed by atoms with Crippen LogP contribution >= 0.6 is 0 Å². The number of anilines is 1. The summed E-state index contributed by atoms with van der Waals surface area (Å²) < 4.78 is 1.79. The summed E-state index contributed by atoms with van der Waals surface area (Å²) in [5.74, 6) is -0.214. The summed E-state index contributed by atoms with van der Waals surface area (Å²) in [5, 5.41) is 7.56. The van der Waals surface area contributed by atoms with Crippen LogP contribution < -0.4 is 5.32 Å². The molecule has 1 aliphatic heterocycles. The molecule has 0 bridgehead atoms. The number of hydrogen-bond donors (Lipinski definition) is 1. The molecule has 22 heavy (non-hydrogen) atoms. The summed E-state index contributed by atoms with van der Waals surface area (Å²) in [5.41, 5.74) is 5.19. The van der Waals surface area contributed by atoms with Crippen molar-refractivity contribution >= 4 is 11.6 Å². The van der Waals surface area contributed by atoms with E-state index in [1.54, 1.807) is 4.68 Å². The SMILES string of the molecule is Cc1ccc(NC(=O)C2CN(C)Cc3cn(C)nc32)c(C)c1. The van der Waals surface area contributed by atoms with E-state index >= 15 is 0 Å². The Morgan fingerprint density at radius 1 is 1.32 bits per heavy atom. The molecule has 0 saturated carbocycles. The number of benzene rings is 1. The lowest BCUT2D eigenvalue weighted by atomic mass is 9.96. The Kier molecular flexibility index (Phi) is 3.74. The normalized spacial score (nSPS) is 18.1. The quantitative estimate of drug-likeness (QED) is 0.925. The molecule has 3 rings (SSSR count). The molecule has 1 unspecified atom stereocenters. The second-order valence-electron chi connectivity index (χ2n) is 6.27. The first kappa shape index (κ1) is 14.8. The molecule has 0 saturated heterocycles. The summed E-state index contributed by atoms with van der Waals surface area (Å²) in [6, 6.07) is 6.06. The summed E-state index contributed by atoms with van der Waals surface area (Å²) in [6.45, 7) is 5.61. The monoisotopic (exact) mass is 298 g/mol. The number of nitrogens with zero attached hydrogens (tertiary/aromatic N) is 3. The Morgan fingerprint density at radius 2 is 2.09 bits per heavy atom. The van der Waals surface area contributed by atoms with Crippen molar-refractivity contribution in [3.63, 3.8) is 0 Å². The first-order valence-electron chi connectivity index (χ1n) is 7.53. The molecular formula is C17H22N4O. The van der Waals surface area contributed by atoms with E-state index in [1.165, 1.54) is 5.56 Å². The van der Waals surface area contributed by atoms with Crippen LogP contribution in [0.4, 0.5) is 5.69 Å². The summed E-state index contributed by atoms with van der Waals surface area (Å²) >= 11 is 0. The van der Waals surface area contributed by atoms with Crippen molar-refractivity contribution in [2.24, 2.45) is 7.05 Å². The van der Waals surface area contributed by atoms with Crippen LogP contribution in [-0.4, -0.2) is 34.2 Å². The van der Waals surface area contributed by atoms with Gasteiger partial charge in [0.15, 0.2) is 0 Å². The number of likely N-dealkylation sites (N-methyl/N-ethyl adjacent to an activating group) is 1. The molecule has 1 amide bonds. The molecule has 1 N–H and O–H groups in total. The number of nitrogens with one attached hydrogen (secondary N) is 1. The lowest BCUT2D eigenvalue weighted by Gasteiger charge is -2.28. The number of hydrogen-bond acceptors (Lipinski definition) is 3. The Morgan fingerprint density at radius 3 is 2.82 bits per heavy atom. The molecule has 1 aromatic carbocycles. The zero-order chi connectivity index (χ0) is 15.9. The number of carbonyl (C=O) groups is 1. The van der Waals surface area contributed by atoms with Crippen molar-refractivity contribution in [2.45, 2.75) is 26.3 Å². The summed E-state index contributed by atoms with van der Waals surface area (Å²) in [6.07, 6.45) is 2.00. The van der Waals surface area contributed by atoms with Crippen LogP contribution in [0.3, 0.4) is 0 Å². The topological polar surface area (TPSA) is 50.2 Å². The van der Waals surface area contributed by atoms with E-state index in [1.807, 2.05) is 39.3 Å². The number of aromatic nitrogens is 2. The van der Waals surface area contributed by atoms with Crippen molar-refractivity contribution < 1.29 is 4.79 Å². The molecule has 5 nitrogen and oxygen atoms in total. The van der Waals surface area contributed by atoms with Crippen LogP contribution in [0.2, 0.25) is 0 Å². The van der Waals surface area contributed by atoms with E-state index in [-0.39, 0.29) is 11.8 Å². The van der Waals surface area contributed by atoms with Gasteiger partial charge in [0.05, 0.1) is 11.6 Å². The van der Waals surface area contributed by atoms with Gasteiger partial charge in [-0.15, -0.1) is 0 Å². The van der Waals surface area contributed by atoms with Crippen molar-refractivity contribution in [1.82, 2.24) is 14.7 Å². The maximum absolute atomic E-state index is 12.7. The van der Waals surface area contributed by atoms with Crippen molar-refractivity contribution in [3.05, 3.63) is 46.8 Å². The van der Waals surface area contributed by atoms with Gasteiger partial charge in [-0.25, -0.2) is 0 Å². The molecule has 2 aromatic rings. The van der Waals surface area contributed by atoms with Gasteiger partial charge >= 0.3 is 0 Å². The average Bonchev–Trinajstić information content (AvgIpc) is 2.80. The molecule has 1 aromatic heterocycles. The van der Waals surface area contributed by atoms with E-state index in [0.717, 1.165) is 29.1 Å². The van der Waals surface area contributed by atoms with Gasteiger partial charge in [-0.1, -0.05) is 17.7 Å². The molecule has 116 valence electrons. The minimum atomic E-state index is -0.226. The van der Waals surface area contributed by atoms with Gasteiger partial charge in [0.25, 0.3) is 0 Å². The standard InChI is InChI=1S/C17H22N4O/c1-11-5-6-15(12(2)7-11)18-17(22)14-10-20(3)8-13-9-21(4)19-16(13)14/h5-7,9,14H,8,10H2,1-4H3,(H,18,22). The fourth-order valence-electron chi connectivity index (χ4n) is 3.10. The highest BCUT2D eigenvalue weighted by molar-refractivity contribution is 5.96. The fraction of sp³-hybridized carbons (Fsp3) is 0.412. The van der Waals surface area contributed by atoms with Gasteiger partial charge in [0.1, 0.15) is 0 Å². The van der Waals surface area contributed by atoms with Gasteiger partial charge in [-0.2, -0.15) is 5.10 Å². The summed E-state index contributed by atoms with van der Waals surface area (Å²) in [7, 11) is 3.94. The van der Waals surface area contributed by atoms with Crippen LogP contribution in [0.15, 0.2) is 24.4 Å². The third-order valence-electron chi connectivity index (χ3n) is 4.16. The third kappa shape index (κ3) is 2.76. The van der Waals surface area contributed by atoms with E-state index in [9.17, 15) is 4.79 Å². The predicted molar refractivity (Wildman–Crippen MR) is 86.8 cm³/mol. The Labute approximate surface area is 130 Å². The van der Waals surface area contributed by atoms with Gasteiger partial charge in [0, 0.05) is 37.6 Å². The van der Waals surface area contributed by atoms with Crippen LogP contribution in [0.25, 0.3) is 0 Å². The molecule has 0 fully saturated rings. The first-order chi connectivity index (χ1) is 10.4. The molecule has 0 spiro atoms. The van der Waals surface area contributed by atoms with Gasteiger partial charge < -0.3 is 10.2 Å². The van der Waals surface area contributed by atoms with Gasteiger partial charge in [-0.3, -0.25) is 9.48 Å². The average molecular weight is 298 g/mol. The smallest absolute Gasteiger partial charge is 0.234 e. The Hall–Kier alpha value is -2.14. The van der Waals surface area contributed by atoms with Gasteiger partial charge in [-0.05, 0) is 32.5 Å². The molecule has 0 radical (unpaired) electrons. The predicted octanol–water partition coefficient (Wildman–Crippen LogP) is 2.20. The second kappa shape index (κ2) is 5.57. The highest BCUT2D eigenvalue weighted by Gasteiger charge is 2.32. The lowest BCUT2D eigenvalue weighted by Crippen LogP contribution is -2.36. The largest absolute Gasteiger partial charge is 0.325 e. The molecule has 5 heteroatoms. The highest BCUT2D eigenvalue weighted by Crippen LogP contribution is 2.28. The van der Waals surface area contributed by atoms with Crippen LogP contribution in [0, 0.1) is 13.8 Å². The minimum Gasteiger partial charge on any atom is -0.325 e. The Bertz CT molecular complexity index is 719. The van der Waals surface area contributed by atoms with E-state index < -0.39 is 0 Å². The molecule has 1 aliphatic rings. The highest BCUT2D eigenvalue weighted by atomic mass is 16.2. The first-order valence-corrected chi connectivity index (χ1v) is 7.53. The second-order valence-corrected chi connectivity index (χ2v) is 6.27. The fourth-order valence-corrected chi connectivity index (χ4v) is 3.10. The molecule has 0 aliphatic carbocycles. The molecular weight excluding hydrogens is 276 g/mol. The molecule has 2 heterocycles. The number of carbonyl (C=O) groups excluding carboxylic acids is 1. The number of amides is 1. The Balaban J connectivity index is 1.86. The maximum atomic E-state index is 12.7. The molecule has 1 atom stereocenters. The van der Waals surface area contributed by atoms with E-state index in [2.05, 4.69) is 28.3 Å². The maximum Gasteiger partial charge on any atom is 0.234 e. The van der Waals surface area contributed by atoms with Crippen LogP contribution in [0.5, 0.6) is 0 Å². The number of rotatable bonds is 2. The zero-order valence-corrected chi connectivity index (χ0v) is 13.6. The summed E-state index contributed by atoms with van der Waals surface area (Å²) in [4.78, 5) is 14.9. The van der Waals surface area contributed by atoms with Crippen molar-refractivity contribution in [2.75, 3.05) is 18.9 Å². The van der Waals surface area contributed by atoms with Crippen LogP contribution in [-0.2, 0) is 18.4 Å². The van der Waals surface area contributed by atoms with Crippen molar-refractivity contribution in [1.29, 1.82) is 0 Å². The number of fused-ring (bicyclic) bond motifs is 1. The van der Waals surface area contributed by atoms with Crippen LogP contribution in [0.1, 0.15) is 28.3 Å². The van der Waals surface area contributed by atoms with E-state index in [4.69, 9.17) is 0 Å². The van der Waals surface area contributed by atoms with Gasteiger partial charge in [0.2, 0.25) is 5.91 Å². The number of aryl methyl sites for hydroxylation is 3. The minimum absolute atomic E-state index is 0.0125. The zero-order valence-electron chi connectivity index (χ0n) is 13.6. The third-order valence-corrected chi connectivity index (χ3v) is 4.16. The van der Waals surface area contributed by atoms with Crippen molar-refractivity contribution in [3.8, 4) is 0 Å². The lowest BCUT2D eigenvalue weighted by molar-refractivity contribution is -0.118. The van der Waals surface area contributed by atoms with E-state index in [0.29, 0.717) is 6.54 Å².